The molecule has 19 heavy (non-hydrogen) atoms. The molecular formula is C15H30N2O2. The highest BCUT2D eigenvalue weighted by Crippen LogP contribution is 2.11. The second-order valence-electron chi connectivity index (χ2n) is 5.89. The standard InChI is InChI=1S/C15H30N2O2/c1-4-14(3)17(12-13(2)15(18)19)11-10-16-8-6-5-7-9-16/h13-14H,4-12H2,1-3H3,(H,18,19). The van der Waals surface area contributed by atoms with E-state index in [2.05, 4.69) is 23.6 Å². The second kappa shape index (κ2) is 8.54. The van der Waals surface area contributed by atoms with E-state index in [0.29, 0.717) is 12.6 Å². The Morgan fingerprint density at radius 2 is 1.89 bits per heavy atom. The zero-order valence-corrected chi connectivity index (χ0v) is 12.8. The van der Waals surface area contributed by atoms with Crippen molar-refractivity contribution in [3.63, 3.8) is 0 Å². The fourth-order valence-corrected chi connectivity index (χ4v) is 2.63. The summed E-state index contributed by atoms with van der Waals surface area (Å²) in [5, 5.41) is 9.07. The minimum Gasteiger partial charge on any atom is -0.481 e. The van der Waals surface area contributed by atoms with Gasteiger partial charge < -0.3 is 10.0 Å². The van der Waals surface area contributed by atoms with Gasteiger partial charge in [-0.25, -0.2) is 0 Å². The number of aliphatic carboxylic acids is 1. The molecule has 1 saturated heterocycles. The quantitative estimate of drug-likeness (QED) is 0.735. The van der Waals surface area contributed by atoms with Crippen LogP contribution in [0.15, 0.2) is 0 Å². The van der Waals surface area contributed by atoms with Crippen LogP contribution in [0.3, 0.4) is 0 Å². The van der Waals surface area contributed by atoms with E-state index in [9.17, 15) is 4.79 Å². The summed E-state index contributed by atoms with van der Waals surface area (Å²) in [6.45, 7) is 11.3. The molecule has 0 aromatic carbocycles. The third kappa shape index (κ3) is 5.91. The third-order valence-corrected chi connectivity index (χ3v) is 4.30. The van der Waals surface area contributed by atoms with E-state index < -0.39 is 5.97 Å². The van der Waals surface area contributed by atoms with Gasteiger partial charge in [0.25, 0.3) is 0 Å². The van der Waals surface area contributed by atoms with Gasteiger partial charge in [-0.1, -0.05) is 20.3 Å². The van der Waals surface area contributed by atoms with Crippen molar-refractivity contribution in [3.05, 3.63) is 0 Å². The van der Waals surface area contributed by atoms with Crippen LogP contribution in [0.5, 0.6) is 0 Å². The van der Waals surface area contributed by atoms with Crippen LogP contribution in [-0.4, -0.2) is 59.6 Å². The Hall–Kier alpha value is -0.610. The molecule has 4 heteroatoms. The summed E-state index contributed by atoms with van der Waals surface area (Å²) in [6, 6.07) is 0.464. The maximum atomic E-state index is 11.0. The number of carbonyl (C=O) groups is 1. The lowest BCUT2D eigenvalue weighted by atomic mass is 10.1. The van der Waals surface area contributed by atoms with Gasteiger partial charge in [0.15, 0.2) is 0 Å². The Labute approximate surface area is 117 Å². The molecule has 0 spiro atoms. The van der Waals surface area contributed by atoms with Crippen LogP contribution < -0.4 is 0 Å². The van der Waals surface area contributed by atoms with Crippen molar-refractivity contribution in [3.8, 4) is 0 Å². The summed E-state index contributed by atoms with van der Waals surface area (Å²) >= 11 is 0. The zero-order valence-electron chi connectivity index (χ0n) is 12.8. The highest BCUT2D eigenvalue weighted by molar-refractivity contribution is 5.69. The summed E-state index contributed by atoms with van der Waals surface area (Å²) in [7, 11) is 0. The molecule has 4 nitrogen and oxygen atoms in total. The van der Waals surface area contributed by atoms with Gasteiger partial charge in [-0.05, 0) is 39.3 Å². The minimum atomic E-state index is -0.689. The van der Waals surface area contributed by atoms with Crippen LogP contribution in [0.1, 0.15) is 46.5 Å². The molecule has 0 saturated carbocycles. The predicted molar refractivity (Wildman–Crippen MR) is 78.4 cm³/mol. The van der Waals surface area contributed by atoms with E-state index >= 15 is 0 Å². The number of carboxylic acids is 1. The van der Waals surface area contributed by atoms with E-state index in [-0.39, 0.29) is 5.92 Å². The van der Waals surface area contributed by atoms with Gasteiger partial charge in [-0.2, -0.15) is 0 Å². The molecule has 1 fully saturated rings. The smallest absolute Gasteiger partial charge is 0.307 e. The van der Waals surface area contributed by atoms with Crippen molar-refractivity contribution in [1.29, 1.82) is 0 Å². The molecule has 112 valence electrons. The summed E-state index contributed by atoms with van der Waals surface area (Å²) in [5.41, 5.74) is 0. The van der Waals surface area contributed by atoms with Gasteiger partial charge >= 0.3 is 5.97 Å². The lowest BCUT2D eigenvalue weighted by Gasteiger charge is -2.33. The molecule has 1 heterocycles. The van der Waals surface area contributed by atoms with Gasteiger partial charge in [0.1, 0.15) is 0 Å². The van der Waals surface area contributed by atoms with Crippen LogP contribution in [0.25, 0.3) is 0 Å². The number of hydrogen-bond acceptors (Lipinski definition) is 3. The average molecular weight is 270 g/mol. The van der Waals surface area contributed by atoms with Crippen LogP contribution in [-0.2, 0) is 4.79 Å². The molecule has 0 bridgehead atoms. The van der Waals surface area contributed by atoms with Crippen LogP contribution in [0.2, 0.25) is 0 Å². The fraction of sp³-hybridized carbons (Fsp3) is 0.933. The number of rotatable bonds is 8. The van der Waals surface area contributed by atoms with Crippen molar-refractivity contribution in [1.82, 2.24) is 9.80 Å². The molecule has 1 aliphatic heterocycles. The molecule has 0 aromatic heterocycles. The molecule has 1 rings (SSSR count). The van der Waals surface area contributed by atoms with Gasteiger partial charge in [0.05, 0.1) is 5.92 Å². The Morgan fingerprint density at radius 3 is 2.42 bits per heavy atom. The highest BCUT2D eigenvalue weighted by atomic mass is 16.4. The molecule has 0 aromatic rings. The van der Waals surface area contributed by atoms with Gasteiger partial charge in [0.2, 0.25) is 0 Å². The van der Waals surface area contributed by atoms with Crippen LogP contribution in [0.4, 0.5) is 0 Å². The van der Waals surface area contributed by atoms with E-state index in [4.69, 9.17) is 5.11 Å². The molecule has 2 unspecified atom stereocenters. The first-order valence-electron chi connectivity index (χ1n) is 7.73. The summed E-state index contributed by atoms with van der Waals surface area (Å²) in [6.07, 6.45) is 5.07. The molecule has 1 N–H and O–H groups in total. The monoisotopic (exact) mass is 270 g/mol. The topological polar surface area (TPSA) is 43.8 Å². The molecule has 0 aliphatic carbocycles. The molecule has 2 atom stereocenters. The van der Waals surface area contributed by atoms with Crippen molar-refractivity contribution in [2.24, 2.45) is 5.92 Å². The minimum absolute atomic E-state index is 0.282. The third-order valence-electron chi connectivity index (χ3n) is 4.30. The SMILES string of the molecule is CCC(C)N(CCN1CCCCC1)CC(C)C(=O)O. The second-order valence-corrected chi connectivity index (χ2v) is 5.89. The predicted octanol–water partition coefficient (Wildman–Crippen LogP) is 2.29. The number of hydrogen-bond donors (Lipinski definition) is 1. The Balaban J connectivity index is 2.42. The first-order chi connectivity index (χ1) is 9.04. The fourth-order valence-electron chi connectivity index (χ4n) is 2.63. The van der Waals surface area contributed by atoms with Gasteiger partial charge in [-0.15, -0.1) is 0 Å². The van der Waals surface area contributed by atoms with Crippen molar-refractivity contribution < 1.29 is 9.90 Å². The number of likely N-dealkylation sites (tertiary alicyclic amines) is 1. The first-order valence-corrected chi connectivity index (χ1v) is 7.73. The van der Waals surface area contributed by atoms with Crippen molar-refractivity contribution in [2.75, 3.05) is 32.7 Å². The number of carboxylic acid groups (broad SMARTS) is 1. The van der Waals surface area contributed by atoms with Gasteiger partial charge in [0, 0.05) is 25.7 Å². The van der Waals surface area contributed by atoms with Crippen molar-refractivity contribution >= 4 is 5.97 Å². The number of nitrogens with zero attached hydrogens (tertiary/aromatic N) is 2. The summed E-state index contributed by atoms with van der Waals surface area (Å²) < 4.78 is 0. The normalized spacial score (nSPS) is 20.4. The van der Waals surface area contributed by atoms with Crippen molar-refractivity contribution in [2.45, 2.75) is 52.5 Å². The average Bonchev–Trinajstić information content (AvgIpc) is 2.43. The lowest BCUT2D eigenvalue weighted by molar-refractivity contribution is -0.141. The van der Waals surface area contributed by atoms with E-state index in [1.165, 1.54) is 32.4 Å². The van der Waals surface area contributed by atoms with E-state index in [1.807, 2.05) is 0 Å². The van der Waals surface area contributed by atoms with E-state index in [1.54, 1.807) is 6.92 Å². The Morgan fingerprint density at radius 1 is 1.26 bits per heavy atom. The summed E-state index contributed by atoms with van der Waals surface area (Å²) in [5.74, 6) is -0.971. The molecule has 1 aliphatic rings. The summed E-state index contributed by atoms with van der Waals surface area (Å²) in [4.78, 5) is 15.9. The Kier molecular flexibility index (Phi) is 7.39. The number of piperidine rings is 1. The maximum absolute atomic E-state index is 11.0. The highest BCUT2D eigenvalue weighted by Gasteiger charge is 2.20. The zero-order chi connectivity index (χ0) is 14.3. The van der Waals surface area contributed by atoms with E-state index in [0.717, 1.165) is 19.5 Å². The first kappa shape index (κ1) is 16.4. The maximum Gasteiger partial charge on any atom is 0.307 e. The molecule has 0 amide bonds. The Bertz CT molecular complexity index is 265. The largest absolute Gasteiger partial charge is 0.481 e. The molecular weight excluding hydrogens is 240 g/mol. The molecule has 0 radical (unpaired) electrons. The van der Waals surface area contributed by atoms with Crippen LogP contribution in [0, 0.1) is 5.92 Å². The van der Waals surface area contributed by atoms with Crippen LogP contribution >= 0.6 is 0 Å². The van der Waals surface area contributed by atoms with Gasteiger partial charge in [-0.3, -0.25) is 9.69 Å². The lowest BCUT2D eigenvalue weighted by Crippen LogP contribution is -2.44.